The van der Waals surface area contributed by atoms with Crippen molar-refractivity contribution in [3.63, 3.8) is 0 Å². The molecule has 1 amide bonds. The van der Waals surface area contributed by atoms with E-state index in [1.807, 2.05) is 13.0 Å². The van der Waals surface area contributed by atoms with E-state index in [9.17, 15) is 18.7 Å². The monoisotopic (exact) mass is 319 g/mol. The number of benzene rings is 2. The van der Waals surface area contributed by atoms with Gasteiger partial charge in [0.15, 0.2) is 0 Å². The first-order chi connectivity index (χ1) is 11.0. The van der Waals surface area contributed by atoms with Crippen molar-refractivity contribution in [2.24, 2.45) is 0 Å². The average Bonchev–Trinajstić information content (AvgIpc) is 2.56. The van der Waals surface area contributed by atoms with Crippen LogP contribution in [0.25, 0.3) is 0 Å². The maximum absolute atomic E-state index is 13.9. The molecule has 0 bridgehead atoms. The Bertz CT molecular complexity index is 671. The number of hydrogen-bond donors (Lipinski definition) is 2. The maximum Gasteiger partial charge on any atom is 0.230 e. The third-order valence-electron chi connectivity index (χ3n) is 3.75. The van der Waals surface area contributed by atoms with Gasteiger partial charge in [-0.25, -0.2) is 8.78 Å². The van der Waals surface area contributed by atoms with Crippen LogP contribution in [0.15, 0.2) is 42.5 Å². The Morgan fingerprint density at radius 2 is 1.87 bits per heavy atom. The number of aliphatic hydroxyl groups excluding tert-OH is 1. The molecule has 0 aromatic heterocycles. The Hall–Kier alpha value is -2.27. The second-order valence-corrected chi connectivity index (χ2v) is 5.28. The minimum Gasteiger partial charge on any atom is -0.395 e. The lowest BCUT2D eigenvalue weighted by atomic mass is 9.99. The molecule has 0 saturated heterocycles. The quantitative estimate of drug-likeness (QED) is 0.860. The molecule has 0 spiro atoms. The van der Waals surface area contributed by atoms with Crippen molar-refractivity contribution >= 4 is 5.91 Å². The van der Waals surface area contributed by atoms with Crippen molar-refractivity contribution in [1.29, 1.82) is 0 Å². The molecule has 0 aliphatic carbocycles. The number of aliphatic hydroxyl groups is 1. The Morgan fingerprint density at radius 1 is 1.17 bits per heavy atom. The molecule has 3 nitrogen and oxygen atoms in total. The van der Waals surface area contributed by atoms with E-state index < -0.39 is 24.2 Å². The van der Waals surface area contributed by atoms with E-state index in [1.165, 1.54) is 30.3 Å². The first-order valence-electron chi connectivity index (χ1n) is 7.46. The van der Waals surface area contributed by atoms with Crippen LogP contribution in [-0.4, -0.2) is 17.6 Å². The summed E-state index contributed by atoms with van der Waals surface area (Å²) in [6.07, 6.45) is 0.737. The zero-order valence-electron chi connectivity index (χ0n) is 12.9. The number of nitrogens with one attached hydrogen (secondary N) is 1. The average molecular weight is 319 g/mol. The van der Waals surface area contributed by atoms with Crippen molar-refractivity contribution in [3.05, 3.63) is 70.8 Å². The summed E-state index contributed by atoms with van der Waals surface area (Å²) in [5, 5.41) is 12.0. The lowest BCUT2D eigenvalue weighted by molar-refractivity contribution is -0.123. The SMILES string of the molecule is CCc1ccc(CNC(=O)C(CO)c2ccc(F)cc2)c(F)c1. The van der Waals surface area contributed by atoms with Crippen LogP contribution in [0.5, 0.6) is 0 Å². The van der Waals surface area contributed by atoms with Gasteiger partial charge in [-0.2, -0.15) is 0 Å². The molecule has 122 valence electrons. The fourth-order valence-electron chi connectivity index (χ4n) is 2.29. The van der Waals surface area contributed by atoms with Crippen molar-refractivity contribution in [3.8, 4) is 0 Å². The van der Waals surface area contributed by atoms with Crippen molar-refractivity contribution in [1.82, 2.24) is 5.32 Å². The molecule has 2 rings (SSSR count). The number of carbonyl (C=O) groups excluding carboxylic acids is 1. The molecule has 1 unspecified atom stereocenters. The summed E-state index contributed by atoms with van der Waals surface area (Å²) in [4.78, 5) is 12.2. The minimum atomic E-state index is -0.812. The summed E-state index contributed by atoms with van der Waals surface area (Å²) in [6.45, 7) is 1.56. The summed E-state index contributed by atoms with van der Waals surface area (Å²) in [7, 11) is 0. The number of hydrogen-bond acceptors (Lipinski definition) is 2. The Morgan fingerprint density at radius 3 is 2.43 bits per heavy atom. The first-order valence-corrected chi connectivity index (χ1v) is 7.46. The van der Waals surface area contributed by atoms with Gasteiger partial charge >= 0.3 is 0 Å². The smallest absolute Gasteiger partial charge is 0.230 e. The van der Waals surface area contributed by atoms with Crippen molar-refractivity contribution < 1.29 is 18.7 Å². The molecule has 0 heterocycles. The second-order valence-electron chi connectivity index (χ2n) is 5.28. The summed E-state index contributed by atoms with van der Waals surface area (Å²) in [6, 6.07) is 10.3. The molecule has 2 N–H and O–H groups in total. The van der Waals surface area contributed by atoms with Crippen molar-refractivity contribution in [2.75, 3.05) is 6.61 Å². The van der Waals surface area contributed by atoms with E-state index in [0.717, 1.165) is 12.0 Å². The fourth-order valence-corrected chi connectivity index (χ4v) is 2.29. The summed E-state index contributed by atoms with van der Waals surface area (Å²) >= 11 is 0. The fraction of sp³-hybridized carbons (Fsp3) is 0.278. The third kappa shape index (κ3) is 4.36. The van der Waals surface area contributed by atoms with Gasteiger partial charge in [-0.3, -0.25) is 4.79 Å². The largest absolute Gasteiger partial charge is 0.395 e. The highest BCUT2D eigenvalue weighted by Crippen LogP contribution is 2.17. The third-order valence-corrected chi connectivity index (χ3v) is 3.75. The zero-order valence-corrected chi connectivity index (χ0v) is 12.9. The van der Waals surface area contributed by atoms with Crippen LogP contribution in [-0.2, 0) is 17.8 Å². The summed E-state index contributed by atoms with van der Waals surface area (Å²) in [5.74, 6) is -2.03. The van der Waals surface area contributed by atoms with Gasteiger partial charge in [0, 0.05) is 12.1 Å². The molecular weight excluding hydrogens is 300 g/mol. The number of halogens is 2. The Kier molecular flexibility index (Phi) is 5.82. The highest BCUT2D eigenvalue weighted by molar-refractivity contribution is 5.83. The minimum absolute atomic E-state index is 0.0341. The maximum atomic E-state index is 13.9. The van der Waals surface area contributed by atoms with Gasteiger partial charge in [0.05, 0.1) is 12.5 Å². The van der Waals surface area contributed by atoms with Gasteiger partial charge in [0.1, 0.15) is 11.6 Å². The predicted octanol–water partition coefficient (Wildman–Crippen LogP) is 2.92. The van der Waals surface area contributed by atoms with Crippen LogP contribution in [0.3, 0.4) is 0 Å². The van der Waals surface area contributed by atoms with Gasteiger partial charge in [-0.1, -0.05) is 31.2 Å². The van der Waals surface area contributed by atoms with E-state index >= 15 is 0 Å². The Balaban J connectivity index is 2.04. The van der Waals surface area contributed by atoms with E-state index in [1.54, 1.807) is 6.07 Å². The molecule has 0 radical (unpaired) electrons. The molecule has 0 fully saturated rings. The molecule has 23 heavy (non-hydrogen) atoms. The van der Waals surface area contributed by atoms with E-state index in [0.29, 0.717) is 11.1 Å². The van der Waals surface area contributed by atoms with Gasteiger partial charge in [-0.15, -0.1) is 0 Å². The predicted molar refractivity (Wildman–Crippen MR) is 83.9 cm³/mol. The highest BCUT2D eigenvalue weighted by atomic mass is 19.1. The standard InChI is InChI=1S/C18H19F2NO2/c1-2-12-3-4-14(17(20)9-12)10-21-18(23)16(11-22)13-5-7-15(19)8-6-13/h3-9,16,22H,2,10-11H2,1H3,(H,21,23). The van der Waals surface area contributed by atoms with Gasteiger partial charge < -0.3 is 10.4 Å². The molecule has 0 aliphatic heterocycles. The van der Waals surface area contributed by atoms with E-state index in [4.69, 9.17) is 0 Å². The number of amides is 1. The van der Waals surface area contributed by atoms with Crippen LogP contribution < -0.4 is 5.32 Å². The van der Waals surface area contributed by atoms with Crippen LogP contribution in [0, 0.1) is 11.6 Å². The lowest BCUT2D eigenvalue weighted by Crippen LogP contribution is -2.31. The van der Waals surface area contributed by atoms with Gasteiger partial charge in [0.2, 0.25) is 5.91 Å². The van der Waals surface area contributed by atoms with Crippen molar-refractivity contribution in [2.45, 2.75) is 25.8 Å². The topological polar surface area (TPSA) is 49.3 Å². The van der Waals surface area contributed by atoms with E-state index in [-0.39, 0.29) is 12.4 Å². The second kappa shape index (κ2) is 7.83. The molecule has 2 aromatic rings. The molecule has 1 atom stereocenters. The Labute approximate surface area is 134 Å². The lowest BCUT2D eigenvalue weighted by Gasteiger charge is -2.15. The number of aryl methyl sites for hydroxylation is 1. The first kappa shape index (κ1) is 17.1. The zero-order chi connectivity index (χ0) is 16.8. The van der Waals surface area contributed by atoms with Gasteiger partial charge in [0.25, 0.3) is 0 Å². The van der Waals surface area contributed by atoms with Crippen LogP contribution in [0.4, 0.5) is 8.78 Å². The molecule has 0 aliphatic rings. The molecule has 0 saturated carbocycles. The number of carbonyl (C=O) groups is 1. The highest BCUT2D eigenvalue weighted by Gasteiger charge is 2.19. The van der Waals surface area contributed by atoms with Crippen LogP contribution in [0.1, 0.15) is 29.5 Å². The summed E-state index contributed by atoms with van der Waals surface area (Å²) in [5.41, 5.74) is 1.77. The van der Waals surface area contributed by atoms with Crippen LogP contribution >= 0.6 is 0 Å². The van der Waals surface area contributed by atoms with Gasteiger partial charge in [-0.05, 0) is 35.7 Å². The molecular formula is C18H19F2NO2. The normalized spacial score (nSPS) is 12.0. The number of rotatable bonds is 6. The van der Waals surface area contributed by atoms with E-state index in [2.05, 4.69) is 5.32 Å². The molecule has 5 heteroatoms. The summed E-state index contributed by atoms with van der Waals surface area (Å²) < 4.78 is 26.8. The molecule has 2 aromatic carbocycles. The van der Waals surface area contributed by atoms with Crippen LogP contribution in [0.2, 0.25) is 0 Å².